The van der Waals surface area contributed by atoms with Gasteiger partial charge in [-0.15, -0.1) is 16.8 Å². The van der Waals surface area contributed by atoms with Crippen LogP contribution in [0.2, 0.25) is 0 Å². The monoisotopic (exact) mass is 345 g/mol. The summed E-state index contributed by atoms with van der Waals surface area (Å²) in [6.45, 7) is 10.5. The minimum Gasteiger partial charge on any atom is -0.353 e. The number of carbonyl (C=O) groups excluding carboxylic acids is 1. The molecule has 2 heterocycles. The topological polar surface area (TPSA) is 72.7 Å². The summed E-state index contributed by atoms with van der Waals surface area (Å²) in [5, 5.41) is 12.2. The summed E-state index contributed by atoms with van der Waals surface area (Å²) in [7, 11) is 0. The van der Waals surface area contributed by atoms with Crippen LogP contribution in [0, 0.1) is 5.92 Å². The van der Waals surface area contributed by atoms with E-state index in [2.05, 4.69) is 40.9 Å². The Morgan fingerprint density at radius 1 is 1.33 bits per heavy atom. The summed E-state index contributed by atoms with van der Waals surface area (Å²) in [5.41, 5.74) is 0.934. The Hall–Kier alpha value is -2.15. The van der Waals surface area contributed by atoms with Gasteiger partial charge in [0, 0.05) is 30.5 Å². The number of nitrogens with one attached hydrogen (secondary N) is 1. The van der Waals surface area contributed by atoms with Gasteiger partial charge in [0.05, 0.1) is 5.75 Å². The molecule has 6 nitrogen and oxygen atoms in total. The highest BCUT2D eigenvalue weighted by atomic mass is 32.2. The number of hydrogen-bond acceptors (Lipinski definition) is 5. The average molecular weight is 345 g/mol. The maximum absolute atomic E-state index is 12.1. The predicted octanol–water partition coefficient (Wildman–Crippen LogP) is 2.78. The van der Waals surface area contributed by atoms with Crippen molar-refractivity contribution in [1.29, 1.82) is 0 Å². The second kappa shape index (κ2) is 8.63. The molecule has 0 bridgehead atoms. The third-order valence-electron chi connectivity index (χ3n) is 3.69. The van der Waals surface area contributed by atoms with Crippen molar-refractivity contribution < 1.29 is 4.79 Å². The molecule has 0 saturated heterocycles. The first kappa shape index (κ1) is 18.2. The van der Waals surface area contributed by atoms with Crippen LogP contribution in [-0.4, -0.2) is 37.5 Å². The minimum absolute atomic E-state index is 0.000172. The van der Waals surface area contributed by atoms with Crippen LogP contribution in [0.25, 0.3) is 11.4 Å². The van der Waals surface area contributed by atoms with Crippen molar-refractivity contribution in [3.05, 3.63) is 37.2 Å². The standard InChI is InChI=1S/C17H23N5OS/c1-5-10-22-16(14-6-8-18-9-7-14)20-21-17(22)24-11-15(23)19-13(4)12(2)3/h5-9,12-13H,1,10-11H2,2-4H3,(H,19,23). The fourth-order valence-electron chi connectivity index (χ4n) is 2.00. The average Bonchev–Trinajstić information content (AvgIpc) is 2.97. The third-order valence-corrected chi connectivity index (χ3v) is 4.65. The second-order valence-electron chi connectivity index (χ2n) is 5.83. The molecule has 0 aliphatic heterocycles. The van der Waals surface area contributed by atoms with Gasteiger partial charge in [0.2, 0.25) is 5.91 Å². The quantitative estimate of drug-likeness (QED) is 0.588. The number of pyridine rings is 1. The fourth-order valence-corrected chi connectivity index (χ4v) is 2.75. The van der Waals surface area contributed by atoms with Gasteiger partial charge in [-0.25, -0.2) is 0 Å². The highest BCUT2D eigenvalue weighted by Crippen LogP contribution is 2.23. The summed E-state index contributed by atoms with van der Waals surface area (Å²) in [6, 6.07) is 3.92. The molecule has 1 amide bonds. The van der Waals surface area contributed by atoms with E-state index < -0.39 is 0 Å². The highest BCUT2D eigenvalue weighted by Gasteiger charge is 2.16. The zero-order valence-electron chi connectivity index (χ0n) is 14.3. The minimum atomic E-state index is -0.000172. The van der Waals surface area contributed by atoms with Crippen LogP contribution < -0.4 is 5.32 Å². The molecule has 0 saturated carbocycles. The van der Waals surface area contributed by atoms with Gasteiger partial charge in [-0.1, -0.05) is 31.7 Å². The predicted molar refractivity (Wildman–Crippen MR) is 96.6 cm³/mol. The number of allylic oxidation sites excluding steroid dienone is 1. The molecule has 2 rings (SSSR count). The zero-order chi connectivity index (χ0) is 17.5. The normalized spacial score (nSPS) is 12.2. The molecule has 7 heteroatoms. The number of rotatable bonds is 8. The number of carbonyl (C=O) groups is 1. The fraction of sp³-hybridized carbons (Fsp3) is 0.412. The van der Waals surface area contributed by atoms with Gasteiger partial charge >= 0.3 is 0 Å². The maximum atomic E-state index is 12.1. The van der Waals surface area contributed by atoms with E-state index in [4.69, 9.17) is 0 Å². The number of nitrogens with zero attached hydrogens (tertiary/aromatic N) is 4. The Morgan fingerprint density at radius 3 is 2.67 bits per heavy atom. The lowest BCUT2D eigenvalue weighted by Gasteiger charge is -2.17. The van der Waals surface area contributed by atoms with E-state index in [1.807, 2.05) is 23.6 Å². The Balaban J connectivity index is 2.09. The number of aromatic nitrogens is 4. The van der Waals surface area contributed by atoms with Crippen LogP contribution in [-0.2, 0) is 11.3 Å². The van der Waals surface area contributed by atoms with E-state index in [1.54, 1.807) is 18.5 Å². The summed E-state index contributed by atoms with van der Waals surface area (Å²) in [4.78, 5) is 16.1. The maximum Gasteiger partial charge on any atom is 0.230 e. The van der Waals surface area contributed by atoms with Crippen LogP contribution in [0.15, 0.2) is 42.3 Å². The SMILES string of the molecule is C=CCn1c(SCC(=O)NC(C)C(C)C)nnc1-c1ccncc1. The number of hydrogen-bond donors (Lipinski definition) is 1. The van der Waals surface area contributed by atoms with Crippen molar-refractivity contribution in [2.45, 2.75) is 38.5 Å². The van der Waals surface area contributed by atoms with E-state index >= 15 is 0 Å². The Labute approximate surface area is 146 Å². The molecular weight excluding hydrogens is 322 g/mol. The van der Waals surface area contributed by atoms with Crippen molar-refractivity contribution in [2.24, 2.45) is 5.92 Å². The summed E-state index contributed by atoms with van der Waals surface area (Å²) in [5.74, 6) is 1.46. The Kier molecular flexibility index (Phi) is 6.54. The molecule has 1 N–H and O–H groups in total. The van der Waals surface area contributed by atoms with Gasteiger partial charge < -0.3 is 5.32 Å². The molecule has 2 aromatic heterocycles. The summed E-state index contributed by atoms with van der Waals surface area (Å²) >= 11 is 1.38. The lowest BCUT2D eigenvalue weighted by molar-refractivity contribution is -0.119. The molecule has 0 radical (unpaired) electrons. The van der Waals surface area contributed by atoms with Gasteiger partial charge in [-0.2, -0.15) is 0 Å². The van der Waals surface area contributed by atoms with E-state index in [0.29, 0.717) is 23.4 Å². The summed E-state index contributed by atoms with van der Waals surface area (Å²) < 4.78 is 1.95. The Morgan fingerprint density at radius 2 is 2.04 bits per heavy atom. The van der Waals surface area contributed by atoms with Gasteiger partial charge in [-0.3, -0.25) is 14.3 Å². The molecule has 0 aromatic carbocycles. The molecule has 24 heavy (non-hydrogen) atoms. The largest absolute Gasteiger partial charge is 0.353 e. The lowest BCUT2D eigenvalue weighted by Crippen LogP contribution is -2.37. The Bertz CT molecular complexity index is 684. The molecule has 0 aliphatic rings. The van der Waals surface area contributed by atoms with Crippen molar-refractivity contribution in [3.8, 4) is 11.4 Å². The van der Waals surface area contributed by atoms with Crippen molar-refractivity contribution >= 4 is 17.7 Å². The first-order chi connectivity index (χ1) is 11.5. The zero-order valence-corrected chi connectivity index (χ0v) is 15.1. The smallest absolute Gasteiger partial charge is 0.230 e. The van der Waals surface area contributed by atoms with Gasteiger partial charge in [0.15, 0.2) is 11.0 Å². The lowest BCUT2D eigenvalue weighted by atomic mass is 10.1. The van der Waals surface area contributed by atoms with Gasteiger partial charge in [0.25, 0.3) is 0 Å². The summed E-state index contributed by atoms with van der Waals surface area (Å²) in [6.07, 6.45) is 5.23. The molecule has 0 aliphatic carbocycles. The van der Waals surface area contributed by atoms with E-state index in [9.17, 15) is 4.79 Å². The molecule has 1 atom stereocenters. The van der Waals surface area contributed by atoms with Crippen LogP contribution in [0.3, 0.4) is 0 Å². The second-order valence-corrected chi connectivity index (χ2v) is 6.77. The van der Waals surface area contributed by atoms with E-state index in [-0.39, 0.29) is 11.9 Å². The highest BCUT2D eigenvalue weighted by molar-refractivity contribution is 7.99. The van der Waals surface area contributed by atoms with Crippen LogP contribution in [0.4, 0.5) is 0 Å². The van der Waals surface area contributed by atoms with Crippen molar-refractivity contribution in [2.75, 3.05) is 5.75 Å². The third kappa shape index (κ3) is 4.67. The van der Waals surface area contributed by atoms with Crippen molar-refractivity contribution in [1.82, 2.24) is 25.1 Å². The molecule has 128 valence electrons. The first-order valence-corrected chi connectivity index (χ1v) is 8.88. The number of amides is 1. The van der Waals surface area contributed by atoms with Gasteiger partial charge in [-0.05, 0) is 25.0 Å². The van der Waals surface area contributed by atoms with Crippen LogP contribution in [0.1, 0.15) is 20.8 Å². The molecule has 0 spiro atoms. The van der Waals surface area contributed by atoms with Crippen LogP contribution >= 0.6 is 11.8 Å². The molecular formula is C17H23N5OS. The first-order valence-electron chi connectivity index (χ1n) is 7.89. The van der Waals surface area contributed by atoms with Crippen molar-refractivity contribution in [3.63, 3.8) is 0 Å². The number of thioether (sulfide) groups is 1. The molecule has 0 fully saturated rings. The van der Waals surface area contributed by atoms with E-state index in [1.165, 1.54) is 11.8 Å². The molecule has 1 unspecified atom stereocenters. The van der Waals surface area contributed by atoms with Crippen LogP contribution in [0.5, 0.6) is 0 Å². The van der Waals surface area contributed by atoms with Gasteiger partial charge in [0.1, 0.15) is 0 Å². The molecule has 2 aromatic rings. The van der Waals surface area contributed by atoms with E-state index in [0.717, 1.165) is 11.4 Å².